The third-order valence-electron chi connectivity index (χ3n) is 2.66. The van der Waals surface area contributed by atoms with Crippen molar-refractivity contribution in [2.45, 2.75) is 6.92 Å². The largest absolute Gasteiger partial charge is 0.493 e. The van der Waals surface area contributed by atoms with Gasteiger partial charge in [-0.3, -0.25) is 0 Å². The summed E-state index contributed by atoms with van der Waals surface area (Å²) in [6, 6.07) is 12.1. The second-order valence-electron chi connectivity index (χ2n) is 4.06. The highest BCUT2D eigenvalue weighted by Gasteiger charge is 2.13. The molecule has 0 atom stereocenters. The summed E-state index contributed by atoms with van der Waals surface area (Å²) in [5.41, 5.74) is 1.05. The van der Waals surface area contributed by atoms with E-state index in [4.69, 9.17) is 14.6 Å². The smallest absolute Gasteiger partial charge is 0.339 e. The van der Waals surface area contributed by atoms with Crippen LogP contribution in [0, 0.1) is 6.92 Å². The van der Waals surface area contributed by atoms with Crippen LogP contribution in [-0.2, 0) is 0 Å². The number of para-hydroxylation sites is 2. The third-order valence-corrected chi connectivity index (χ3v) is 2.66. The van der Waals surface area contributed by atoms with E-state index in [0.29, 0.717) is 17.2 Å². The van der Waals surface area contributed by atoms with E-state index >= 15 is 0 Å². The average Bonchev–Trinajstić information content (AvgIpc) is 2.39. The zero-order valence-electron chi connectivity index (χ0n) is 10.7. The first-order valence-corrected chi connectivity index (χ1v) is 5.76. The Hall–Kier alpha value is -2.49. The summed E-state index contributed by atoms with van der Waals surface area (Å²) in [6.45, 7) is 1.88. The summed E-state index contributed by atoms with van der Waals surface area (Å²) in [6.07, 6.45) is 0. The van der Waals surface area contributed by atoms with Crippen LogP contribution in [0.3, 0.4) is 0 Å². The molecule has 0 amide bonds. The quantitative estimate of drug-likeness (QED) is 0.912. The molecule has 19 heavy (non-hydrogen) atoms. The molecule has 0 heterocycles. The van der Waals surface area contributed by atoms with Crippen molar-refractivity contribution in [3.8, 4) is 17.2 Å². The van der Waals surface area contributed by atoms with Gasteiger partial charge in [0.1, 0.15) is 11.3 Å². The summed E-state index contributed by atoms with van der Waals surface area (Å²) < 4.78 is 10.8. The Labute approximate surface area is 111 Å². The Balaban J connectivity index is 2.42. The summed E-state index contributed by atoms with van der Waals surface area (Å²) in [4.78, 5) is 11.2. The van der Waals surface area contributed by atoms with E-state index in [1.807, 2.05) is 13.0 Å². The van der Waals surface area contributed by atoms with Gasteiger partial charge in [0.15, 0.2) is 11.5 Å². The van der Waals surface area contributed by atoms with Crippen LogP contribution in [0.25, 0.3) is 0 Å². The van der Waals surface area contributed by atoms with Gasteiger partial charge in [-0.2, -0.15) is 0 Å². The van der Waals surface area contributed by atoms with E-state index < -0.39 is 5.97 Å². The van der Waals surface area contributed by atoms with E-state index in [2.05, 4.69) is 0 Å². The summed E-state index contributed by atoms with van der Waals surface area (Å²) in [5.74, 6) is 0.320. The van der Waals surface area contributed by atoms with Crippen molar-refractivity contribution in [1.82, 2.24) is 0 Å². The predicted octanol–water partition coefficient (Wildman–Crippen LogP) is 3.49. The molecule has 98 valence electrons. The van der Waals surface area contributed by atoms with Crippen molar-refractivity contribution in [3.63, 3.8) is 0 Å². The number of aromatic carboxylic acids is 1. The zero-order valence-corrected chi connectivity index (χ0v) is 10.7. The monoisotopic (exact) mass is 258 g/mol. The van der Waals surface area contributed by atoms with Gasteiger partial charge in [0.05, 0.1) is 7.11 Å². The molecule has 0 unspecified atom stereocenters. The normalized spacial score (nSPS) is 10.0. The topological polar surface area (TPSA) is 55.8 Å². The SMILES string of the molecule is COc1ccccc1Oc1cc(C)ccc1C(=O)O. The van der Waals surface area contributed by atoms with Crippen molar-refractivity contribution < 1.29 is 19.4 Å². The fourth-order valence-electron chi connectivity index (χ4n) is 1.71. The molecular weight excluding hydrogens is 244 g/mol. The second-order valence-corrected chi connectivity index (χ2v) is 4.06. The molecule has 4 heteroatoms. The molecule has 4 nitrogen and oxygen atoms in total. The molecule has 0 aliphatic rings. The minimum absolute atomic E-state index is 0.122. The van der Waals surface area contributed by atoms with Crippen LogP contribution < -0.4 is 9.47 Å². The molecule has 0 aliphatic carbocycles. The van der Waals surface area contributed by atoms with Crippen molar-refractivity contribution in [2.24, 2.45) is 0 Å². The van der Waals surface area contributed by atoms with Gasteiger partial charge >= 0.3 is 5.97 Å². The molecule has 0 saturated carbocycles. The molecule has 0 radical (unpaired) electrons. The first kappa shape index (κ1) is 13.0. The van der Waals surface area contributed by atoms with Gasteiger partial charge in [0.25, 0.3) is 0 Å². The van der Waals surface area contributed by atoms with Crippen LogP contribution in [-0.4, -0.2) is 18.2 Å². The number of methoxy groups -OCH3 is 1. The van der Waals surface area contributed by atoms with E-state index in [-0.39, 0.29) is 5.56 Å². The van der Waals surface area contributed by atoms with Gasteiger partial charge in [-0.1, -0.05) is 18.2 Å². The lowest BCUT2D eigenvalue weighted by Crippen LogP contribution is -2.01. The number of hydrogen-bond donors (Lipinski definition) is 1. The Morgan fingerprint density at radius 1 is 1.05 bits per heavy atom. The van der Waals surface area contributed by atoms with E-state index in [1.165, 1.54) is 13.2 Å². The molecule has 1 N–H and O–H groups in total. The Morgan fingerprint density at radius 2 is 1.74 bits per heavy atom. The number of carboxylic acids is 1. The first-order valence-electron chi connectivity index (χ1n) is 5.76. The van der Waals surface area contributed by atoms with Crippen LogP contribution in [0.4, 0.5) is 0 Å². The van der Waals surface area contributed by atoms with Gasteiger partial charge in [0, 0.05) is 0 Å². The summed E-state index contributed by atoms with van der Waals surface area (Å²) >= 11 is 0. The third kappa shape index (κ3) is 2.85. The molecule has 2 rings (SSSR count). The van der Waals surface area contributed by atoms with Gasteiger partial charge in [-0.15, -0.1) is 0 Å². The van der Waals surface area contributed by atoms with Gasteiger partial charge in [-0.25, -0.2) is 4.79 Å². The maximum absolute atomic E-state index is 11.2. The zero-order chi connectivity index (χ0) is 13.8. The molecule has 0 aliphatic heterocycles. The second kappa shape index (κ2) is 5.44. The molecule has 0 spiro atoms. The van der Waals surface area contributed by atoms with Crippen molar-refractivity contribution in [3.05, 3.63) is 53.6 Å². The summed E-state index contributed by atoms with van der Waals surface area (Å²) in [5, 5.41) is 9.15. The molecule has 2 aromatic rings. The predicted molar refractivity (Wildman–Crippen MR) is 71.2 cm³/mol. The van der Waals surface area contributed by atoms with Gasteiger partial charge in [0.2, 0.25) is 0 Å². The average molecular weight is 258 g/mol. The highest BCUT2D eigenvalue weighted by atomic mass is 16.5. The van der Waals surface area contributed by atoms with Crippen molar-refractivity contribution in [1.29, 1.82) is 0 Å². The molecule has 0 bridgehead atoms. The molecule has 0 saturated heterocycles. The van der Waals surface area contributed by atoms with Crippen LogP contribution in [0.15, 0.2) is 42.5 Å². The number of carboxylic acid groups (broad SMARTS) is 1. The minimum atomic E-state index is -1.02. The standard InChI is InChI=1S/C15H14O4/c1-10-7-8-11(15(16)17)14(9-10)19-13-6-4-3-5-12(13)18-2/h3-9H,1-2H3,(H,16,17). The Kier molecular flexibility index (Phi) is 3.71. The Bertz CT molecular complexity index is 605. The number of hydrogen-bond acceptors (Lipinski definition) is 3. The fourth-order valence-corrected chi connectivity index (χ4v) is 1.71. The lowest BCUT2D eigenvalue weighted by atomic mass is 10.1. The van der Waals surface area contributed by atoms with Crippen LogP contribution in [0.1, 0.15) is 15.9 Å². The molecular formula is C15H14O4. The summed E-state index contributed by atoms with van der Waals surface area (Å²) in [7, 11) is 1.54. The number of ether oxygens (including phenoxy) is 2. The number of aryl methyl sites for hydroxylation is 1. The molecule has 0 fully saturated rings. The maximum Gasteiger partial charge on any atom is 0.339 e. The fraction of sp³-hybridized carbons (Fsp3) is 0.133. The minimum Gasteiger partial charge on any atom is -0.493 e. The van der Waals surface area contributed by atoms with Gasteiger partial charge in [-0.05, 0) is 36.8 Å². The van der Waals surface area contributed by atoms with Crippen molar-refractivity contribution >= 4 is 5.97 Å². The molecule has 2 aromatic carbocycles. The molecule has 0 aromatic heterocycles. The van der Waals surface area contributed by atoms with Crippen LogP contribution in [0.2, 0.25) is 0 Å². The first-order chi connectivity index (χ1) is 9.11. The Morgan fingerprint density at radius 3 is 2.37 bits per heavy atom. The van der Waals surface area contributed by atoms with E-state index in [1.54, 1.807) is 30.3 Å². The van der Waals surface area contributed by atoms with E-state index in [9.17, 15) is 4.79 Å². The maximum atomic E-state index is 11.2. The number of benzene rings is 2. The van der Waals surface area contributed by atoms with Crippen LogP contribution >= 0.6 is 0 Å². The van der Waals surface area contributed by atoms with Crippen LogP contribution in [0.5, 0.6) is 17.2 Å². The van der Waals surface area contributed by atoms with E-state index in [0.717, 1.165) is 5.56 Å². The number of carbonyl (C=O) groups is 1. The lowest BCUT2D eigenvalue weighted by Gasteiger charge is -2.12. The number of rotatable bonds is 4. The van der Waals surface area contributed by atoms with Gasteiger partial charge < -0.3 is 14.6 Å². The lowest BCUT2D eigenvalue weighted by molar-refractivity contribution is 0.0694. The highest BCUT2D eigenvalue weighted by molar-refractivity contribution is 5.91. The van der Waals surface area contributed by atoms with Crippen molar-refractivity contribution in [2.75, 3.05) is 7.11 Å². The highest BCUT2D eigenvalue weighted by Crippen LogP contribution is 2.33.